The van der Waals surface area contributed by atoms with E-state index in [-0.39, 0.29) is 11.7 Å². The third-order valence-corrected chi connectivity index (χ3v) is 3.86. The minimum atomic E-state index is -1.08. The molecule has 0 atom stereocenters. The fourth-order valence-corrected chi connectivity index (χ4v) is 2.55. The highest BCUT2D eigenvalue weighted by Gasteiger charge is 2.35. The third kappa shape index (κ3) is 5.72. The Morgan fingerprint density at radius 2 is 1.79 bits per heavy atom. The minimum Gasteiger partial charge on any atom is -0.382 e. The lowest BCUT2D eigenvalue weighted by molar-refractivity contribution is -0.140. The van der Waals surface area contributed by atoms with Crippen LogP contribution in [-0.2, 0) is 9.59 Å². The number of carbonyl (C=O) groups excluding carboxylic acids is 2. The number of rotatable bonds is 8. The number of ketones is 1. The summed E-state index contributed by atoms with van der Waals surface area (Å²) in [5.41, 5.74) is -1.08. The Morgan fingerprint density at radius 1 is 1.11 bits per heavy atom. The Kier molecular flexibility index (Phi) is 7.06. The molecule has 1 saturated carbocycles. The Labute approximate surface area is 116 Å². The van der Waals surface area contributed by atoms with Crippen molar-refractivity contribution in [2.45, 2.75) is 76.7 Å². The molecule has 1 rings (SSSR count). The Balaban J connectivity index is 2.14. The molecular weight excluding hydrogens is 242 g/mol. The topological polar surface area (TPSA) is 66.4 Å². The Hall–Kier alpha value is -0.900. The minimum absolute atomic E-state index is 0.0463. The number of Topliss-reactive ketones (excluding diaryl/α,β-unsaturated/α-hetero) is 1. The SMILES string of the molecule is CCCCC(=O)NCCCC(=O)C1(O)CCCCC1. The van der Waals surface area contributed by atoms with Gasteiger partial charge in [0, 0.05) is 19.4 Å². The van der Waals surface area contributed by atoms with Crippen molar-refractivity contribution in [3.8, 4) is 0 Å². The van der Waals surface area contributed by atoms with E-state index >= 15 is 0 Å². The number of unbranched alkanes of at least 4 members (excludes halogenated alkanes) is 1. The van der Waals surface area contributed by atoms with E-state index in [2.05, 4.69) is 12.2 Å². The highest BCUT2D eigenvalue weighted by Crippen LogP contribution is 2.29. The first kappa shape index (κ1) is 16.2. The van der Waals surface area contributed by atoms with E-state index in [1.807, 2.05) is 0 Å². The van der Waals surface area contributed by atoms with Crippen LogP contribution in [0.1, 0.15) is 71.1 Å². The van der Waals surface area contributed by atoms with Crippen molar-refractivity contribution < 1.29 is 14.7 Å². The molecule has 19 heavy (non-hydrogen) atoms. The average molecular weight is 269 g/mol. The number of nitrogens with one attached hydrogen (secondary N) is 1. The molecule has 0 radical (unpaired) electrons. The van der Waals surface area contributed by atoms with Gasteiger partial charge < -0.3 is 10.4 Å². The van der Waals surface area contributed by atoms with Crippen molar-refractivity contribution in [3.63, 3.8) is 0 Å². The van der Waals surface area contributed by atoms with E-state index in [9.17, 15) is 14.7 Å². The van der Waals surface area contributed by atoms with E-state index < -0.39 is 5.60 Å². The van der Waals surface area contributed by atoms with Gasteiger partial charge in [-0.15, -0.1) is 0 Å². The lowest BCUT2D eigenvalue weighted by atomic mass is 9.80. The summed E-state index contributed by atoms with van der Waals surface area (Å²) < 4.78 is 0. The molecule has 0 aromatic carbocycles. The first-order valence-corrected chi connectivity index (χ1v) is 7.61. The molecule has 1 aliphatic carbocycles. The van der Waals surface area contributed by atoms with Gasteiger partial charge in [-0.05, 0) is 25.7 Å². The number of hydrogen-bond donors (Lipinski definition) is 2. The largest absolute Gasteiger partial charge is 0.382 e. The van der Waals surface area contributed by atoms with Crippen molar-refractivity contribution in [2.24, 2.45) is 0 Å². The van der Waals surface area contributed by atoms with Crippen molar-refractivity contribution >= 4 is 11.7 Å². The summed E-state index contributed by atoms with van der Waals surface area (Å²) in [5.74, 6) is 0.0145. The van der Waals surface area contributed by atoms with Gasteiger partial charge in [0.05, 0.1) is 0 Å². The highest BCUT2D eigenvalue weighted by atomic mass is 16.3. The summed E-state index contributed by atoms with van der Waals surface area (Å²) in [6, 6.07) is 0. The molecule has 2 N–H and O–H groups in total. The van der Waals surface area contributed by atoms with Crippen LogP contribution in [0, 0.1) is 0 Å². The maximum Gasteiger partial charge on any atom is 0.219 e. The normalized spacial score (nSPS) is 18.0. The number of hydrogen-bond acceptors (Lipinski definition) is 3. The van der Waals surface area contributed by atoms with Crippen LogP contribution in [0.25, 0.3) is 0 Å². The molecule has 0 bridgehead atoms. The summed E-state index contributed by atoms with van der Waals surface area (Å²) in [5, 5.41) is 13.0. The van der Waals surface area contributed by atoms with Crippen molar-refractivity contribution in [1.82, 2.24) is 5.32 Å². The van der Waals surface area contributed by atoms with Crippen molar-refractivity contribution in [3.05, 3.63) is 0 Å². The molecule has 0 spiro atoms. The highest BCUT2D eigenvalue weighted by molar-refractivity contribution is 5.87. The second-order valence-electron chi connectivity index (χ2n) is 5.57. The fraction of sp³-hybridized carbons (Fsp3) is 0.867. The maximum atomic E-state index is 12.0. The second-order valence-corrected chi connectivity index (χ2v) is 5.57. The van der Waals surface area contributed by atoms with E-state index in [1.54, 1.807) is 0 Å². The zero-order valence-corrected chi connectivity index (χ0v) is 12.0. The number of aliphatic hydroxyl groups is 1. The standard InChI is InChI=1S/C15H27NO3/c1-2-3-9-14(18)16-12-7-8-13(17)15(19)10-5-4-6-11-15/h19H,2-12H2,1H3,(H,16,18). The predicted molar refractivity (Wildman–Crippen MR) is 74.8 cm³/mol. The van der Waals surface area contributed by atoms with Gasteiger partial charge in [0.15, 0.2) is 5.78 Å². The first-order valence-electron chi connectivity index (χ1n) is 7.61. The van der Waals surface area contributed by atoms with Gasteiger partial charge >= 0.3 is 0 Å². The molecule has 4 heteroatoms. The van der Waals surface area contributed by atoms with Gasteiger partial charge in [-0.25, -0.2) is 0 Å². The van der Waals surface area contributed by atoms with E-state index in [0.29, 0.717) is 38.6 Å². The number of carbonyl (C=O) groups is 2. The van der Waals surface area contributed by atoms with Crippen LogP contribution in [0.3, 0.4) is 0 Å². The summed E-state index contributed by atoms with van der Waals surface area (Å²) in [6.07, 6.45) is 7.68. The van der Waals surface area contributed by atoms with Gasteiger partial charge in [0.25, 0.3) is 0 Å². The summed E-state index contributed by atoms with van der Waals surface area (Å²) in [4.78, 5) is 23.3. The molecule has 0 heterocycles. The average Bonchev–Trinajstić information content (AvgIpc) is 2.41. The molecule has 110 valence electrons. The fourth-order valence-electron chi connectivity index (χ4n) is 2.55. The van der Waals surface area contributed by atoms with E-state index in [1.165, 1.54) is 0 Å². The van der Waals surface area contributed by atoms with Gasteiger partial charge in [0.1, 0.15) is 5.60 Å². The van der Waals surface area contributed by atoms with Crippen molar-refractivity contribution in [1.29, 1.82) is 0 Å². The van der Waals surface area contributed by atoms with Gasteiger partial charge in [-0.1, -0.05) is 32.6 Å². The predicted octanol–water partition coefficient (Wildman–Crippen LogP) is 2.34. The van der Waals surface area contributed by atoms with Crippen LogP contribution >= 0.6 is 0 Å². The molecule has 1 amide bonds. The molecule has 4 nitrogen and oxygen atoms in total. The van der Waals surface area contributed by atoms with Crippen molar-refractivity contribution in [2.75, 3.05) is 6.54 Å². The lowest BCUT2D eigenvalue weighted by Gasteiger charge is -2.30. The molecule has 0 aromatic heterocycles. The number of amides is 1. The van der Waals surface area contributed by atoms with Crippen LogP contribution in [0.4, 0.5) is 0 Å². The summed E-state index contributed by atoms with van der Waals surface area (Å²) in [6.45, 7) is 2.58. The van der Waals surface area contributed by atoms with Gasteiger partial charge in [-0.3, -0.25) is 9.59 Å². The van der Waals surface area contributed by atoms with Crippen LogP contribution in [0.15, 0.2) is 0 Å². The lowest BCUT2D eigenvalue weighted by Crippen LogP contribution is -2.40. The maximum absolute atomic E-state index is 12.0. The summed E-state index contributed by atoms with van der Waals surface area (Å²) in [7, 11) is 0. The second kappa shape index (κ2) is 8.31. The third-order valence-electron chi connectivity index (χ3n) is 3.86. The summed E-state index contributed by atoms with van der Waals surface area (Å²) >= 11 is 0. The van der Waals surface area contributed by atoms with Crippen LogP contribution in [0.2, 0.25) is 0 Å². The van der Waals surface area contributed by atoms with Crippen LogP contribution in [-0.4, -0.2) is 28.9 Å². The molecule has 0 unspecified atom stereocenters. The zero-order valence-electron chi connectivity index (χ0n) is 12.0. The molecular formula is C15H27NO3. The molecule has 1 fully saturated rings. The Bertz CT molecular complexity index is 296. The molecule has 1 aliphatic rings. The quantitative estimate of drug-likeness (QED) is 0.665. The monoisotopic (exact) mass is 269 g/mol. The van der Waals surface area contributed by atoms with Gasteiger partial charge in [-0.2, -0.15) is 0 Å². The molecule has 0 aliphatic heterocycles. The Morgan fingerprint density at radius 3 is 2.42 bits per heavy atom. The van der Waals surface area contributed by atoms with Crippen LogP contribution in [0.5, 0.6) is 0 Å². The zero-order chi connectivity index (χ0) is 14.1. The van der Waals surface area contributed by atoms with Gasteiger partial charge in [0.2, 0.25) is 5.91 Å². The first-order chi connectivity index (χ1) is 9.08. The molecule has 0 saturated heterocycles. The van der Waals surface area contributed by atoms with Crippen LogP contribution < -0.4 is 5.32 Å². The molecule has 0 aromatic rings. The van der Waals surface area contributed by atoms with E-state index in [4.69, 9.17) is 0 Å². The van der Waals surface area contributed by atoms with E-state index in [0.717, 1.165) is 32.1 Å². The smallest absolute Gasteiger partial charge is 0.219 e.